The van der Waals surface area contributed by atoms with Gasteiger partial charge in [0, 0.05) is 50.2 Å². The van der Waals surface area contributed by atoms with Crippen LogP contribution in [0.5, 0.6) is 11.5 Å². The maximum atomic E-state index is 12.5. The number of benzene rings is 2. The third kappa shape index (κ3) is 7.48. The number of hydrogen-bond acceptors (Lipinski definition) is 6. The van der Waals surface area contributed by atoms with Crippen LogP contribution < -0.4 is 14.8 Å². The molecule has 7 nitrogen and oxygen atoms in total. The molecule has 1 N–H and O–H groups in total. The van der Waals surface area contributed by atoms with Gasteiger partial charge in [0.15, 0.2) is 0 Å². The van der Waals surface area contributed by atoms with Crippen LogP contribution in [-0.2, 0) is 9.59 Å². The zero-order valence-corrected chi connectivity index (χ0v) is 18.8. The van der Waals surface area contributed by atoms with E-state index in [0.717, 1.165) is 54.8 Å². The van der Waals surface area contributed by atoms with Gasteiger partial charge >= 0.3 is 0 Å². The molecule has 31 heavy (non-hydrogen) atoms. The first-order valence-electron chi connectivity index (χ1n) is 10.3. The molecule has 3 rings (SSSR count). The molecule has 0 aromatic heterocycles. The average Bonchev–Trinajstić information content (AvgIpc) is 2.79. The van der Waals surface area contributed by atoms with Crippen LogP contribution >= 0.6 is 11.8 Å². The van der Waals surface area contributed by atoms with E-state index in [2.05, 4.69) is 10.2 Å². The largest absolute Gasteiger partial charge is 0.497 e. The normalized spacial score (nSPS) is 14.2. The third-order valence-electron chi connectivity index (χ3n) is 5.00. The van der Waals surface area contributed by atoms with Crippen LogP contribution in [0, 0.1) is 0 Å². The SMILES string of the molecule is COc1ccc(OCCN2CCN(C(=O)CSc3ccc(NC(C)=O)cc3)CC2)cc1. The van der Waals surface area contributed by atoms with Gasteiger partial charge in [0.25, 0.3) is 0 Å². The van der Waals surface area contributed by atoms with Crippen molar-refractivity contribution in [3.8, 4) is 11.5 Å². The molecule has 166 valence electrons. The lowest BCUT2D eigenvalue weighted by molar-refractivity contribution is -0.130. The second kappa shape index (κ2) is 11.6. The van der Waals surface area contributed by atoms with Gasteiger partial charge in [-0.25, -0.2) is 0 Å². The second-order valence-corrected chi connectivity index (χ2v) is 8.29. The van der Waals surface area contributed by atoms with Gasteiger partial charge in [-0.05, 0) is 48.5 Å². The van der Waals surface area contributed by atoms with E-state index in [1.165, 1.54) is 18.7 Å². The Hall–Kier alpha value is -2.71. The highest BCUT2D eigenvalue weighted by Crippen LogP contribution is 2.21. The molecule has 0 saturated carbocycles. The summed E-state index contributed by atoms with van der Waals surface area (Å²) in [6, 6.07) is 15.1. The first-order valence-corrected chi connectivity index (χ1v) is 11.3. The predicted octanol–water partition coefficient (Wildman–Crippen LogP) is 2.97. The third-order valence-corrected chi connectivity index (χ3v) is 5.99. The molecule has 1 aliphatic rings. The van der Waals surface area contributed by atoms with E-state index in [1.54, 1.807) is 7.11 Å². The Morgan fingerprint density at radius 1 is 0.968 bits per heavy atom. The molecule has 0 aliphatic carbocycles. The van der Waals surface area contributed by atoms with E-state index in [1.807, 2.05) is 53.4 Å². The van der Waals surface area contributed by atoms with Gasteiger partial charge in [0.1, 0.15) is 18.1 Å². The number of carbonyl (C=O) groups excluding carboxylic acids is 2. The van der Waals surface area contributed by atoms with Crippen molar-refractivity contribution in [1.29, 1.82) is 0 Å². The number of amides is 2. The van der Waals surface area contributed by atoms with Gasteiger partial charge in [0.2, 0.25) is 11.8 Å². The van der Waals surface area contributed by atoms with Gasteiger partial charge in [-0.2, -0.15) is 0 Å². The standard InChI is InChI=1S/C23H29N3O4S/c1-18(27)24-19-3-9-22(10-4-19)31-17-23(28)26-13-11-25(12-14-26)15-16-30-21-7-5-20(29-2)6-8-21/h3-10H,11-17H2,1-2H3,(H,24,27). The van der Waals surface area contributed by atoms with E-state index >= 15 is 0 Å². The van der Waals surface area contributed by atoms with Crippen LogP contribution in [-0.4, -0.2) is 73.8 Å². The minimum absolute atomic E-state index is 0.0954. The highest BCUT2D eigenvalue weighted by Gasteiger charge is 2.21. The molecule has 2 amide bonds. The molecule has 1 heterocycles. The summed E-state index contributed by atoms with van der Waals surface area (Å²) in [5.41, 5.74) is 0.760. The monoisotopic (exact) mass is 443 g/mol. The Kier molecular flexibility index (Phi) is 8.61. The molecule has 2 aromatic carbocycles. The van der Waals surface area contributed by atoms with Crippen LogP contribution in [0.25, 0.3) is 0 Å². The summed E-state index contributed by atoms with van der Waals surface area (Å²) in [5, 5.41) is 2.74. The summed E-state index contributed by atoms with van der Waals surface area (Å²) in [4.78, 5) is 28.9. The number of thioether (sulfide) groups is 1. The number of methoxy groups -OCH3 is 1. The van der Waals surface area contributed by atoms with Crippen LogP contribution in [0.2, 0.25) is 0 Å². The molecule has 0 bridgehead atoms. The Labute approximate surface area is 187 Å². The summed E-state index contributed by atoms with van der Waals surface area (Å²) in [7, 11) is 1.64. The summed E-state index contributed by atoms with van der Waals surface area (Å²) in [6.45, 7) is 6.12. The van der Waals surface area contributed by atoms with Crippen molar-refractivity contribution in [2.24, 2.45) is 0 Å². The predicted molar refractivity (Wildman–Crippen MR) is 123 cm³/mol. The fourth-order valence-corrected chi connectivity index (χ4v) is 4.06. The Morgan fingerprint density at radius 3 is 2.23 bits per heavy atom. The molecular formula is C23H29N3O4S. The Morgan fingerprint density at radius 2 is 1.61 bits per heavy atom. The quantitative estimate of drug-likeness (QED) is 0.601. The summed E-state index contributed by atoms with van der Waals surface area (Å²) >= 11 is 1.52. The summed E-state index contributed by atoms with van der Waals surface area (Å²) in [6.07, 6.45) is 0. The molecule has 2 aromatic rings. The number of ether oxygens (including phenoxy) is 2. The average molecular weight is 444 g/mol. The maximum absolute atomic E-state index is 12.5. The highest BCUT2D eigenvalue weighted by atomic mass is 32.2. The summed E-state index contributed by atoms with van der Waals surface area (Å²) in [5.74, 6) is 2.12. The fraction of sp³-hybridized carbons (Fsp3) is 0.391. The number of hydrogen-bond donors (Lipinski definition) is 1. The van der Waals surface area contributed by atoms with E-state index in [9.17, 15) is 9.59 Å². The number of anilines is 1. The van der Waals surface area contributed by atoms with Gasteiger partial charge in [0.05, 0.1) is 12.9 Å². The van der Waals surface area contributed by atoms with Crippen molar-refractivity contribution in [2.45, 2.75) is 11.8 Å². The zero-order chi connectivity index (χ0) is 22.1. The number of piperazine rings is 1. The second-order valence-electron chi connectivity index (χ2n) is 7.24. The van der Waals surface area contributed by atoms with E-state index in [4.69, 9.17) is 9.47 Å². The summed E-state index contributed by atoms with van der Waals surface area (Å²) < 4.78 is 10.9. The molecule has 0 unspecified atom stereocenters. The molecular weight excluding hydrogens is 414 g/mol. The lowest BCUT2D eigenvalue weighted by atomic mass is 10.3. The van der Waals surface area contributed by atoms with E-state index in [0.29, 0.717) is 12.4 Å². The number of nitrogens with one attached hydrogen (secondary N) is 1. The fourth-order valence-electron chi connectivity index (χ4n) is 3.26. The highest BCUT2D eigenvalue weighted by molar-refractivity contribution is 8.00. The molecule has 8 heteroatoms. The minimum Gasteiger partial charge on any atom is -0.497 e. The topological polar surface area (TPSA) is 71.1 Å². The van der Waals surface area contributed by atoms with Crippen molar-refractivity contribution in [3.63, 3.8) is 0 Å². The van der Waals surface area contributed by atoms with Crippen molar-refractivity contribution >= 4 is 29.3 Å². The van der Waals surface area contributed by atoms with Crippen LogP contribution in [0.15, 0.2) is 53.4 Å². The maximum Gasteiger partial charge on any atom is 0.233 e. The molecule has 1 saturated heterocycles. The van der Waals surface area contributed by atoms with Crippen LogP contribution in [0.3, 0.4) is 0 Å². The first-order chi connectivity index (χ1) is 15.0. The number of carbonyl (C=O) groups is 2. The van der Waals surface area contributed by atoms with E-state index < -0.39 is 0 Å². The molecule has 0 spiro atoms. The Balaban J connectivity index is 1.33. The number of nitrogens with zero attached hydrogens (tertiary/aromatic N) is 2. The van der Waals surface area contributed by atoms with Gasteiger partial charge in [-0.1, -0.05) is 0 Å². The smallest absolute Gasteiger partial charge is 0.233 e. The molecule has 0 radical (unpaired) electrons. The lowest BCUT2D eigenvalue weighted by Gasteiger charge is -2.34. The van der Waals surface area contributed by atoms with E-state index in [-0.39, 0.29) is 11.8 Å². The molecule has 1 aliphatic heterocycles. The van der Waals surface area contributed by atoms with Crippen molar-refractivity contribution in [2.75, 3.05) is 57.5 Å². The van der Waals surface area contributed by atoms with Crippen molar-refractivity contribution < 1.29 is 19.1 Å². The zero-order valence-electron chi connectivity index (χ0n) is 18.0. The molecule has 1 fully saturated rings. The van der Waals surface area contributed by atoms with Crippen LogP contribution in [0.4, 0.5) is 5.69 Å². The van der Waals surface area contributed by atoms with Gasteiger partial charge < -0.3 is 19.7 Å². The van der Waals surface area contributed by atoms with Crippen molar-refractivity contribution in [1.82, 2.24) is 9.80 Å². The minimum atomic E-state index is -0.0954. The first kappa shape index (κ1) is 23.0. The van der Waals surface area contributed by atoms with Gasteiger partial charge in [-0.3, -0.25) is 14.5 Å². The van der Waals surface area contributed by atoms with Crippen molar-refractivity contribution in [3.05, 3.63) is 48.5 Å². The van der Waals surface area contributed by atoms with Crippen LogP contribution in [0.1, 0.15) is 6.92 Å². The Bertz CT molecular complexity index is 850. The molecule has 0 atom stereocenters. The lowest BCUT2D eigenvalue weighted by Crippen LogP contribution is -2.50. The number of rotatable bonds is 9. The van der Waals surface area contributed by atoms with Gasteiger partial charge in [-0.15, -0.1) is 11.8 Å².